The molecule has 0 N–H and O–H groups in total. The lowest BCUT2D eigenvalue weighted by Gasteiger charge is -2.36. The number of carbonyl (C=O) groups is 1. The maximum absolute atomic E-state index is 12.8. The van der Waals surface area contributed by atoms with Crippen LogP contribution in [0.5, 0.6) is 0 Å². The topological polar surface area (TPSA) is 36.4 Å². The molecule has 2 aromatic rings. The Morgan fingerprint density at radius 1 is 1.11 bits per heavy atom. The minimum atomic E-state index is -4.47. The highest BCUT2D eigenvalue weighted by Crippen LogP contribution is 2.48. The zero-order valence-electron chi connectivity index (χ0n) is 15.0. The largest absolute Gasteiger partial charge is 0.417 e. The van der Waals surface area contributed by atoms with E-state index in [1.54, 1.807) is 0 Å². The Labute approximate surface area is 165 Å². The highest BCUT2D eigenvalue weighted by molar-refractivity contribution is 6.33. The second-order valence-electron chi connectivity index (χ2n) is 7.20. The number of anilines is 1. The van der Waals surface area contributed by atoms with Crippen molar-refractivity contribution in [2.45, 2.75) is 18.5 Å². The van der Waals surface area contributed by atoms with E-state index >= 15 is 0 Å². The number of rotatable bonds is 3. The quantitative estimate of drug-likeness (QED) is 0.762. The maximum atomic E-state index is 12.8. The summed E-state index contributed by atoms with van der Waals surface area (Å²) in [7, 11) is 0. The van der Waals surface area contributed by atoms with Gasteiger partial charge in [-0.3, -0.25) is 4.79 Å². The molecule has 1 aromatic carbocycles. The van der Waals surface area contributed by atoms with Crippen molar-refractivity contribution >= 4 is 23.3 Å². The first-order valence-corrected chi connectivity index (χ1v) is 9.54. The third kappa shape index (κ3) is 3.81. The molecule has 0 radical (unpaired) electrons. The Morgan fingerprint density at radius 3 is 2.39 bits per heavy atom. The van der Waals surface area contributed by atoms with E-state index in [0.29, 0.717) is 32.0 Å². The summed E-state index contributed by atoms with van der Waals surface area (Å²) in [5.41, 5.74) is 0.330. The van der Waals surface area contributed by atoms with Crippen LogP contribution >= 0.6 is 11.6 Å². The highest BCUT2D eigenvalue weighted by Gasteiger charge is 2.46. The minimum absolute atomic E-state index is 0.0269. The summed E-state index contributed by atoms with van der Waals surface area (Å²) in [4.78, 5) is 20.3. The van der Waals surface area contributed by atoms with E-state index in [-0.39, 0.29) is 22.8 Å². The number of piperazine rings is 1. The highest BCUT2D eigenvalue weighted by atomic mass is 35.5. The van der Waals surface area contributed by atoms with Gasteiger partial charge in [0.25, 0.3) is 0 Å². The Morgan fingerprint density at radius 2 is 1.79 bits per heavy atom. The molecule has 2 fully saturated rings. The van der Waals surface area contributed by atoms with Crippen LogP contribution in [0.25, 0.3) is 0 Å². The number of amides is 1. The standard InChI is InChI=1S/C20H19ClF3N3O/c21-17-10-14(20(22,23)24)12-25-18(17)26-6-8-27(9-7-26)19(28)16-11-15(16)13-4-2-1-3-5-13/h1-5,10,12,15-16H,6-9,11H2. The molecule has 2 aliphatic rings. The third-order valence-corrected chi connectivity index (χ3v) is 5.65. The Bertz CT molecular complexity index is 867. The summed E-state index contributed by atoms with van der Waals surface area (Å²) in [5.74, 6) is 0.801. The summed E-state index contributed by atoms with van der Waals surface area (Å²) >= 11 is 6.03. The van der Waals surface area contributed by atoms with E-state index in [4.69, 9.17) is 11.6 Å². The summed E-state index contributed by atoms with van der Waals surface area (Å²) in [5, 5.41) is -0.0269. The zero-order chi connectivity index (χ0) is 19.9. The molecule has 1 aliphatic carbocycles. The van der Waals surface area contributed by atoms with E-state index in [1.165, 1.54) is 5.56 Å². The molecule has 0 bridgehead atoms. The van der Waals surface area contributed by atoms with Crippen LogP contribution in [0.3, 0.4) is 0 Å². The number of hydrogen-bond acceptors (Lipinski definition) is 3. The van der Waals surface area contributed by atoms with Gasteiger partial charge in [-0.25, -0.2) is 4.98 Å². The molecule has 4 nitrogen and oxygen atoms in total. The first-order chi connectivity index (χ1) is 13.3. The lowest BCUT2D eigenvalue weighted by atomic mass is 10.1. The summed E-state index contributed by atoms with van der Waals surface area (Å²) in [6.45, 7) is 2.00. The molecule has 4 rings (SSSR count). The molecule has 1 aliphatic heterocycles. The predicted octanol–water partition coefficient (Wildman–Crippen LogP) is 4.21. The number of carbonyl (C=O) groups excluding carboxylic acids is 1. The van der Waals surface area contributed by atoms with Gasteiger partial charge in [0.2, 0.25) is 5.91 Å². The SMILES string of the molecule is O=C(C1CC1c1ccccc1)N1CCN(c2ncc(C(F)(F)F)cc2Cl)CC1. The fraction of sp³-hybridized carbons (Fsp3) is 0.400. The smallest absolute Gasteiger partial charge is 0.352 e. The average Bonchev–Trinajstić information content (AvgIpc) is 3.48. The molecule has 28 heavy (non-hydrogen) atoms. The van der Waals surface area contributed by atoms with E-state index < -0.39 is 11.7 Å². The van der Waals surface area contributed by atoms with Gasteiger partial charge < -0.3 is 9.80 Å². The number of alkyl halides is 3. The number of pyridine rings is 1. The molecule has 2 unspecified atom stereocenters. The van der Waals surface area contributed by atoms with Gasteiger partial charge >= 0.3 is 6.18 Å². The lowest BCUT2D eigenvalue weighted by Crippen LogP contribution is -2.49. The second kappa shape index (κ2) is 7.28. The van der Waals surface area contributed by atoms with Crippen LogP contribution in [0.4, 0.5) is 19.0 Å². The molecule has 2 heterocycles. The minimum Gasteiger partial charge on any atom is -0.352 e. The van der Waals surface area contributed by atoms with E-state index in [0.717, 1.165) is 18.7 Å². The van der Waals surface area contributed by atoms with E-state index in [2.05, 4.69) is 4.98 Å². The summed E-state index contributed by atoms with van der Waals surface area (Å²) in [6, 6.07) is 10.9. The van der Waals surface area contributed by atoms with Gasteiger partial charge in [0.05, 0.1) is 10.6 Å². The van der Waals surface area contributed by atoms with Gasteiger partial charge in [0.15, 0.2) is 0 Å². The fourth-order valence-corrected chi connectivity index (χ4v) is 4.01. The fourth-order valence-electron chi connectivity index (χ4n) is 3.73. The van der Waals surface area contributed by atoms with Crippen molar-refractivity contribution in [3.63, 3.8) is 0 Å². The number of nitrogens with zero attached hydrogens (tertiary/aromatic N) is 3. The average molecular weight is 410 g/mol. The molecular weight excluding hydrogens is 391 g/mol. The van der Waals surface area contributed by atoms with Gasteiger partial charge in [-0.15, -0.1) is 0 Å². The molecule has 2 atom stereocenters. The molecule has 148 valence electrons. The molecule has 1 saturated heterocycles. The van der Waals surface area contributed by atoms with Gasteiger partial charge in [0.1, 0.15) is 5.82 Å². The van der Waals surface area contributed by atoms with Crippen molar-refractivity contribution in [3.8, 4) is 0 Å². The number of benzene rings is 1. The second-order valence-corrected chi connectivity index (χ2v) is 7.61. The molecule has 1 amide bonds. The van der Waals surface area contributed by atoms with Crippen molar-refractivity contribution in [2.75, 3.05) is 31.1 Å². The van der Waals surface area contributed by atoms with Crippen LogP contribution in [0.2, 0.25) is 5.02 Å². The van der Waals surface area contributed by atoms with Gasteiger partial charge in [-0.05, 0) is 24.0 Å². The lowest BCUT2D eigenvalue weighted by molar-refractivity contribution is -0.138. The Balaban J connectivity index is 1.36. The molecule has 1 saturated carbocycles. The number of aromatic nitrogens is 1. The summed E-state index contributed by atoms with van der Waals surface area (Å²) < 4.78 is 38.3. The molecule has 1 aromatic heterocycles. The van der Waals surface area contributed by atoms with Crippen LogP contribution in [-0.4, -0.2) is 42.0 Å². The van der Waals surface area contributed by atoms with Crippen molar-refractivity contribution in [3.05, 3.63) is 58.7 Å². The van der Waals surface area contributed by atoms with Crippen LogP contribution in [-0.2, 0) is 11.0 Å². The van der Waals surface area contributed by atoms with Crippen molar-refractivity contribution in [1.29, 1.82) is 0 Å². The first kappa shape index (κ1) is 19.1. The number of hydrogen-bond donors (Lipinski definition) is 0. The third-order valence-electron chi connectivity index (χ3n) is 5.38. The first-order valence-electron chi connectivity index (χ1n) is 9.16. The van der Waals surface area contributed by atoms with E-state index in [9.17, 15) is 18.0 Å². The van der Waals surface area contributed by atoms with Gasteiger partial charge in [-0.2, -0.15) is 13.2 Å². The van der Waals surface area contributed by atoms with Gasteiger partial charge in [-0.1, -0.05) is 41.9 Å². The maximum Gasteiger partial charge on any atom is 0.417 e. The molecule has 8 heteroatoms. The monoisotopic (exact) mass is 409 g/mol. The van der Waals surface area contributed by atoms with Crippen LogP contribution in [0.15, 0.2) is 42.6 Å². The van der Waals surface area contributed by atoms with Crippen LogP contribution in [0, 0.1) is 5.92 Å². The predicted molar refractivity (Wildman–Crippen MR) is 100 cm³/mol. The molecular formula is C20H19ClF3N3O. The normalized spacial score (nSPS) is 22.3. The zero-order valence-corrected chi connectivity index (χ0v) is 15.7. The Kier molecular flexibility index (Phi) is 4.95. The Hall–Kier alpha value is -2.28. The van der Waals surface area contributed by atoms with Crippen molar-refractivity contribution < 1.29 is 18.0 Å². The van der Waals surface area contributed by atoms with Crippen molar-refractivity contribution in [2.24, 2.45) is 5.92 Å². The van der Waals surface area contributed by atoms with E-state index in [1.807, 2.05) is 40.1 Å². The van der Waals surface area contributed by atoms with Crippen LogP contribution in [0.1, 0.15) is 23.5 Å². The molecule has 0 spiro atoms. The number of halogens is 4. The van der Waals surface area contributed by atoms with Gasteiger partial charge in [0, 0.05) is 38.3 Å². The van der Waals surface area contributed by atoms with Crippen LogP contribution < -0.4 is 4.90 Å². The van der Waals surface area contributed by atoms with Crippen molar-refractivity contribution in [1.82, 2.24) is 9.88 Å². The summed E-state index contributed by atoms with van der Waals surface area (Å²) in [6.07, 6.45) is -2.80.